The molecule has 0 saturated carbocycles. The van der Waals surface area contributed by atoms with Gasteiger partial charge in [0, 0.05) is 22.8 Å². The molecule has 108 valence electrons. The summed E-state index contributed by atoms with van der Waals surface area (Å²) in [6.45, 7) is 0.566. The number of hydrogen-bond donors (Lipinski definition) is 0. The number of ether oxygens (including phenoxy) is 1. The number of carbonyl (C=O) groups excluding carboxylic acids is 1. The zero-order valence-electron chi connectivity index (χ0n) is 11.4. The molecule has 3 nitrogen and oxygen atoms in total. The molecule has 0 spiro atoms. The Hall–Kier alpha value is -1.88. The zero-order valence-corrected chi connectivity index (χ0v) is 13.0. The van der Waals surface area contributed by atoms with Crippen LogP contribution in [-0.2, 0) is 6.42 Å². The molecule has 1 aliphatic rings. The molecule has 21 heavy (non-hydrogen) atoms. The van der Waals surface area contributed by atoms with E-state index in [4.69, 9.17) is 4.74 Å². The van der Waals surface area contributed by atoms with E-state index < -0.39 is 5.82 Å². The van der Waals surface area contributed by atoms with Crippen LogP contribution in [0.1, 0.15) is 15.9 Å². The Bertz CT molecular complexity index is 717. The van der Waals surface area contributed by atoms with Gasteiger partial charge in [-0.05, 0) is 42.3 Å². The summed E-state index contributed by atoms with van der Waals surface area (Å²) in [7, 11) is 1.46. The maximum absolute atomic E-state index is 14.0. The van der Waals surface area contributed by atoms with Gasteiger partial charge in [-0.1, -0.05) is 15.9 Å². The second kappa shape index (κ2) is 5.48. The highest BCUT2D eigenvalue weighted by Crippen LogP contribution is 2.32. The van der Waals surface area contributed by atoms with Crippen LogP contribution in [0.15, 0.2) is 40.9 Å². The van der Waals surface area contributed by atoms with Crippen molar-refractivity contribution in [3.8, 4) is 5.75 Å². The maximum atomic E-state index is 14.0. The van der Waals surface area contributed by atoms with Gasteiger partial charge in [-0.15, -0.1) is 0 Å². The van der Waals surface area contributed by atoms with E-state index in [1.807, 2.05) is 18.2 Å². The lowest BCUT2D eigenvalue weighted by Gasteiger charge is -2.18. The summed E-state index contributed by atoms with van der Waals surface area (Å²) in [5, 5.41) is 0. The second-order valence-corrected chi connectivity index (χ2v) is 5.74. The van der Waals surface area contributed by atoms with Crippen molar-refractivity contribution in [2.45, 2.75) is 6.42 Å². The molecular formula is C16H13BrFNO2. The molecule has 0 unspecified atom stereocenters. The predicted octanol–water partition coefficient (Wildman–Crippen LogP) is 3.80. The molecule has 0 radical (unpaired) electrons. The van der Waals surface area contributed by atoms with Gasteiger partial charge in [0.25, 0.3) is 5.91 Å². The SMILES string of the molecule is COc1ccc(C(=O)N2CCc3cc(Br)ccc32)c(F)c1. The van der Waals surface area contributed by atoms with Gasteiger partial charge in [0.2, 0.25) is 0 Å². The molecule has 0 fully saturated rings. The van der Waals surface area contributed by atoms with Gasteiger partial charge in [-0.2, -0.15) is 0 Å². The Morgan fingerprint density at radius 2 is 2.10 bits per heavy atom. The average Bonchev–Trinajstić information content (AvgIpc) is 2.89. The minimum absolute atomic E-state index is 0.0616. The van der Waals surface area contributed by atoms with E-state index in [9.17, 15) is 9.18 Å². The van der Waals surface area contributed by atoms with Crippen LogP contribution in [0, 0.1) is 5.82 Å². The van der Waals surface area contributed by atoms with Crippen molar-refractivity contribution < 1.29 is 13.9 Å². The van der Waals surface area contributed by atoms with Crippen molar-refractivity contribution >= 4 is 27.5 Å². The molecule has 2 aromatic carbocycles. The summed E-state index contributed by atoms with van der Waals surface area (Å²) in [4.78, 5) is 14.2. The molecule has 2 aromatic rings. The Balaban J connectivity index is 1.94. The lowest BCUT2D eigenvalue weighted by Crippen LogP contribution is -2.29. The van der Waals surface area contributed by atoms with E-state index >= 15 is 0 Å². The van der Waals surface area contributed by atoms with Crippen LogP contribution in [0.2, 0.25) is 0 Å². The van der Waals surface area contributed by atoms with E-state index in [2.05, 4.69) is 15.9 Å². The van der Waals surface area contributed by atoms with Crippen molar-refractivity contribution in [1.82, 2.24) is 0 Å². The van der Waals surface area contributed by atoms with Crippen molar-refractivity contribution in [3.05, 3.63) is 57.8 Å². The highest BCUT2D eigenvalue weighted by molar-refractivity contribution is 9.10. The van der Waals surface area contributed by atoms with Gasteiger partial charge in [0.05, 0.1) is 12.7 Å². The number of amides is 1. The van der Waals surface area contributed by atoms with Gasteiger partial charge in [0.15, 0.2) is 0 Å². The molecular weight excluding hydrogens is 337 g/mol. The molecule has 1 heterocycles. The first-order chi connectivity index (χ1) is 10.1. The van der Waals surface area contributed by atoms with Crippen molar-refractivity contribution in [1.29, 1.82) is 0 Å². The third kappa shape index (κ3) is 2.53. The average molecular weight is 350 g/mol. The van der Waals surface area contributed by atoms with Crippen LogP contribution in [-0.4, -0.2) is 19.6 Å². The molecule has 1 amide bonds. The Labute approximate surface area is 130 Å². The number of fused-ring (bicyclic) bond motifs is 1. The number of benzene rings is 2. The molecule has 0 aromatic heterocycles. The monoisotopic (exact) mass is 349 g/mol. The van der Waals surface area contributed by atoms with E-state index in [1.54, 1.807) is 11.0 Å². The first-order valence-electron chi connectivity index (χ1n) is 6.54. The Morgan fingerprint density at radius 1 is 1.29 bits per heavy atom. The van der Waals surface area contributed by atoms with Gasteiger partial charge in [-0.25, -0.2) is 4.39 Å². The number of anilines is 1. The van der Waals surface area contributed by atoms with Crippen LogP contribution in [0.5, 0.6) is 5.75 Å². The lowest BCUT2D eigenvalue weighted by molar-refractivity contribution is 0.0985. The lowest BCUT2D eigenvalue weighted by atomic mass is 10.1. The zero-order chi connectivity index (χ0) is 15.0. The van der Waals surface area contributed by atoms with E-state index in [0.717, 1.165) is 22.1 Å². The van der Waals surface area contributed by atoms with Crippen LogP contribution < -0.4 is 9.64 Å². The van der Waals surface area contributed by atoms with Crippen LogP contribution >= 0.6 is 15.9 Å². The number of halogens is 2. The van der Waals surface area contributed by atoms with Gasteiger partial charge in [0.1, 0.15) is 11.6 Å². The fraction of sp³-hybridized carbons (Fsp3) is 0.188. The van der Waals surface area contributed by atoms with Gasteiger partial charge in [-0.3, -0.25) is 4.79 Å². The molecule has 3 rings (SSSR count). The molecule has 1 aliphatic heterocycles. The van der Waals surface area contributed by atoms with Crippen molar-refractivity contribution in [3.63, 3.8) is 0 Å². The van der Waals surface area contributed by atoms with Crippen molar-refractivity contribution in [2.24, 2.45) is 0 Å². The highest BCUT2D eigenvalue weighted by Gasteiger charge is 2.27. The van der Waals surface area contributed by atoms with E-state index in [1.165, 1.54) is 19.2 Å². The molecule has 5 heteroatoms. The topological polar surface area (TPSA) is 29.5 Å². The minimum Gasteiger partial charge on any atom is -0.497 e. The summed E-state index contributed by atoms with van der Waals surface area (Å²) in [6.07, 6.45) is 0.776. The van der Waals surface area contributed by atoms with Crippen LogP contribution in [0.3, 0.4) is 0 Å². The normalized spacial score (nSPS) is 13.2. The maximum Gasteiger partial charge on any atom is 0.261 e. The number of hydrogen-bond acceptors (Lipinski definition) is 2. The smallest absolute Gasteiger partial charge is 0.261 e. The summed E-state index contributed by atoms with van der Waals surface area (Å²) in [5.41, 5.74) is 2.00. The van der Waals surface area contributed by atoms with Crippen molar-refractivity contribution in [2.75, 3.05) is 18.6 Å². The number of rotatable bonds is 2. The van der Waals surface area contributed by atoms with E-state index in [-0.39, 0.29) is 11.5 Å². The third-order valence-electron chi connectivity index (χ3n) is 3.59. The summed E-state index contributed by atoms with van der Waals surface area (Å²) in [5.74, 6) is -0.490. The molecule has 0 aliphatic carbocycles. The van der Waals surface area contributed by atoms with Crippen LogP contribution in [0.4, 0.5) is 10.1 Å². The fourth-order valence-electron chi connectivity index (χ4n) is 2.52. The standard InChI is InChI=1S/C16H13BrFNO2/c1-21-12-3-4-13(14(18)9-12)16(20)19-7-6-10-8-11(17)2-5-15(10)19/h2-5,8-9H,6-7H2,1H3. The minimum atomic E-state index is -0.565. The third-order valence-corrected chi connectivity index (χ3v) is 4.08. The summed E-state index contributed by atoms with van der Waals surface area (Å²) >= 11 is 3.42. The summed E-state index contributed by atoms with van der Waals surface area (Å²) < 4.78 is 20.0. The number of methoxy groups -OCH3 is 1. The number of carbonyl (C=O) groups is 1. The molecule has 0 bridgehead atoms. The molecule has 0 saturated heterocycles. The van der Waals surface area contributed by atoms with Gasteiger partial charge < -0.3 is 9.64 Å². The molecule has 0 N–H and O–H groups in total. The van der Waals surface area contributed by atoms with Crippen LogP contribution in [0.25, 0.3) is 0 Å². The summed E-state index contributed by atoms with van der Waals surface area (Å²) in [6, 6.07) is 10.0. The quantitative estimate of drug-likeness (QED) is 0.825. The van der Waals surface area contributed by atoms with Gasteiger partial charge >= 0.3 is 0 Å². The first-order valence-corrected chi connectivity index (χ1v) is 7.33. The fourth-order valence-corrected chi connectivity index (χ4v) is 2.93. The predicted molar refractivity (Wildman–Crippen MR) is 82.5 cm³/mol. The molecule has 0 atom stereocenters. The Morgan fingerprint density at radius 3 is 2.81 bits per heavy atom. The van der Waals surface area contributed by atoms with E-state index in [0.29, 0.717) is 12.3 Å². The number of nitrogens with zero attached hydrogens (tertiary/aromatic N) is 1. The Kier molecular flexibility index (Phi) is 3.68. The second-order valence-electron chi connectivity index (χ2n) is 4.83. The largest absolute Gasteiger partial charge is 0.497 e. The first kappa shape index (κ1) is 14.1. The highest BCUT2D eigenvalue weighted by atomic mass is 79.9.